The Balaban J connectivity index is 2.13. The van der Waals surface area contributed by atoms with Crippen molar-refractivity contribution < 1.29 is 13.9 Å². The Morgan fingerprint density at radius 1 is 1.31 bits per heavy atom. The van der Waals surface area contributed by atoms with Crippen molar-refractivity contribution in [3.63, 3.8) is 0 Å². The lowest BCUT2D eigenvalue weighted by Gasteiger charge is -2.17. The Morgan fingerprint density at radius 3 is 2.62 bits per heavy atom. The summed E-state index contributed by atoms with van der Waals surface area (Å²) >= 11 is 0. The highest BCUT2D eigenvalue weighted by atomic mass is 19.3. The van der Waals surface area contributed by atoms with Gasteiger partial charge >= 0.3 is 0 Å². The van der Waals surface area contributed by atoms with E-state index in [9.17, 15) is 8.78 Å². The second-order valence-corrected chi connectivity index (χ2v) is 3.68. The summed E-state index contributed by atoms with van der Waals surface area (Å²) in [5, 5.41) is 11.7. The maximum Gasteiger partial charge on any atom is 0.250 e. The first-order valence-corrected chi connectivity index (χ1v) is 4.83. The molecule has 2 unspecified atom stereocenters. The molecule has 13 heavy (non-hydrogen) atoms. The van der Waals surface area contributed by atoms with Crippen LogP contribution in [-0.4, -0.2) is 31.2 Å². The van der Waals surface area contributed by atoms with Crippen molar-refractivity contribution in [2.45, 2.75) is 25.7 Å². The Bertz CT molecular complexity index is 144. The largest absolute Gasteiger partial charge is 0.396 e. The van der Waals surface area contributed by atoms with Crippen LogP contribution in [0.3, 0.4) is 0 Å². The van der Waals surface area contributed by atoms with Crippen LogP contribution in [-0.2, 0) is 0 Å². The van der Waals surface area contributed by atoms with Crippen LogP contribution in [0.25, 0.3) is 0 Å². The first-order valence-electron chi connectivity index (χ1n) is 4.83. The summed E-state index contributed by atoms with van der Waals surface area (Å²) in [4.78, 5) is 0. The quantitative estimate of drug-likeness (QED) is 0.688. The van der Waals surface area contributed by atoms with Gasteiger partial charge in [0.2, 0.25) is 0 Å². The minimum absolute atomic E-state index is 0.195. The van der Waals surface area contributed by atoms with Crippen molar-refractivity contribution in [1.29, 1.82) is 0 Å². The molecule has 1 rings (SSSR count). The van der Waals surface area contributed by atoms with Gasteiger partial charge in [0.15, 0.2) is 0 Å². The fraction of sp³-hybridized carbons (Fsp3) is 1.00. The SMILES string of the molecule is OCC1CCCC1CNCC(F)F. The van der Waals surface area contributed by atoms with Gasteiger partial charge in [-0.1, -0.05) is 6.42 Å². The summed E-state index contributed by atoms with van der Waals surface area (Å²) in [6.07, 6.45) is 0.944. The van der Waals surface area contributed by atoms with Crippen molar-refractivity contribution in [3.05, 3.63) is 0 Å². The lowest BCUT2D eigenvalue weighted by atomic mass is 9.97. The van der Waals surface area contributed by atoms with Gasteiger partial charge in [0.1, 0.15) is 0 Å². The number of hydrogen-bond donors (Lipinski definition) is 2. The first-order chi connectivity index (χ1) is 6.24. The molecule has 2 nitrogen and oxygen atoms in total. The third kappa shape index (κ3) is 3.56. The van der Waals surface area contributed by atoms with E-state index in [1.807, 2.05) is 0 Å². The molecule has 0 radical (unpaired) electrons. The van der Waals surface area contributed by atoms with E-state index in [2.05, 4.69) is 5.32 Å². The van der Waals surface area contributed by atoms with E-state index in [-0.39, 0.29) is 13.2 Å². The molecule has 0 aromatic carbocycles. The zero-order valence-corrected chi connectivity index (χ0v) is 7.68. The molecule has 78 valence electrons. The van der Waals surface area contributed by atoms with Crippen molar-refractivity contribution in [1.82, 2.24) is 5.32 Å². The molecule has 4 heteroatoms. The zero-order chi connectivity index (χ0) is 9.68. The highest BCUT2D eigenvalue weighted by Gasteiger charge is 2.26. The van der Waals surface area contributed by atoms with Crippen LogP contribution in [0.1, 0.15) is 19.3 Å². The van der Waals surface area contributed by atoms with Crippen molar-refractivity contribution >= 4 is 0 Å². The third-order valence-electron chi connectivity index (χ3n) is 2.76. The van der Waals surface area contributed by atoms with Gasteiger partial charge in [-0.2, -0.15) is 0 Å². The van der Waals surface area contributed by atoms with E-state index in [1.54, 1.807) is 0 Å². The molecule has 1 aliphatic rings. The molecule has 0 aromatic rings. The number of aliphatic hydroxyl groups excluding tert-OH is 1. The number of rotatable bonds is 5. The number of nitrogens with one attached hydrogen (secondary N) is 1. The molecule has 2 atom stereocenters. The summed E-state index contributed by atoms with van der Waals surface area (Å²) in [7, 11) is 0. The highest BCUT2D eigenvalue weighted by Crippen LogP contribution is 2.30. The molecule has 0 heterocycles. The van der Waals surface area contributed by atoms with Crippen LogP contribution >= 0.6 is 0 Å². The van der Waals surface area contributed by atoms with Gasteiger partial charge < -0.3 is 10.4 Å². The Morgan fingerprint density at radius 2 is 2.00 bits per heavy atom. The zero-order valence-electron chi connectivity index (χ0n) is 7.68. The van der Waals surface area contributed by atoms with Gasteiger partial charge in [0, 0.05) is 6.61 Å². The number of halogens is 2. The van der Waals surface area contributed by atoms with E-state index in [0.29, 0.717) is 18.4 Å². The van der Waals surface area contributed by atoms with Crippen LogP contribution in [0.2, 0.25) is 0 Å². The molecule has 1 aliphatic carbocycles. The third-order valence-corrected chi connectivity index (χ3v) is 2.76. The Hall–Kier alpha value is -0.220. The average Bonchev–Trinajstić information content (AvgIpc) is 2.51. The van der Waals surface area contributed by atoms with E-state index in [0.717, 1.165) is 19.3 Å². The minimum atomic E-state index is -2.27. The van der Waals surface area contributed by atoms with Crippen LogP contribution in [0.5, 0.6) is 0 Å². The minimum Gasteiger partial charge on any atom is -0.396 e. The fourth-order valence-electron chi connectivity index (χ4n) is 2.00. The topological polar surface area (TPSA) is 32.3 Å². The van der Waals surface area contributed by atoms with Gasteiger partial charge in [-0.05, 0) is 31.2 Å². The van der Waals surface area contributed by atoms with Crippen LogP contribution in [0.4, 0.5) is 8.78 Å². The lowest BCUT2D eigenvalue weighted by molar-refractivity contribution is 0.139. The van der Waals surface area contributed by atoms with Crippen LogP contribution < -0.4 is 5.32 Å². The normalized spacial score (nSPS) is 28.6. The molecule has 0 bridgehead atoms. The van der Waals surface area contributed by atoms with Gasteiger partial charge in [0.25, 0.3) is 6.43 Å². The highest BCUT2D eigenvalue weighted by molar-refractivity contribution is 4.78. The monoisotopic (exact) mass is 193 g/mol. The molecule has 0 aromatic heterocycles. The van der Waals surface area contributed by atoms with Gasteiger partial charge in [0.05, 0.1) is 6.54 Å². The van der Waals surface area contributed by atoms with E-state index < -0.39 is 6.43 Å². The summed E-state index contributed by atoms with van der Waals surface area (Å²) in [5.41, 5.74) is 0. The maximum atomic E-state index is 11.8. The van der Waals surface area contributed by atoms with Gasteiger partial charge in [-0.25, -0.2) is 8.78 Å². The molecule has 0 spiro atoms. The van der Waals surface area contributed by atoms with E-state index in [1.165, 1.54) is 0 Å². The molecule has 1 saturated carbocycles. The molecule has 0 saturated heterocycles. The summed E-state index contributed by atoms with van der Waals surface area (Å²) < 4.78 is 23.6. The van der Waals surface area contributed by atoms with E-state index in [4.69, 9.17) is 5.11 Å². The number of alkyl halides is 2. The van der Waals surface area contributed by atoms with Gasteiger partial charge in [-0.15, -0.1) is 0 Å². The second kappa shape index (κ2) is 5.50. The molecular formula is C9H17F2NO. The van der Waals surface area contributed by atoms with Crippen LogP contribution in [0, 0.1) is 11.8 Å². The summed E-state index contributed by atoms with van der Waals surface area (Å²) in [5.74, 6) is 0.717. The smallest absolute Gasteiger partial charge is 0.250 e. The number of hydrogen-bond acceptors (Lipinski definition) is 2. The van der Waals surface area contributed by atoms with E-state index >= 15 is 0 Å². The number of aliphatic hydroxyl groups is 1. The Labute approximate surface area is 77.3 Å². The molecule has 0 amide bonds. The lowest BCUT2D eigenvalue weighted by Crippen LogP contribution is -2.30. The van der Waals surface area contributed by atoms with Gasteiger partial charge in [-0.3, -0.25) is 0 Å². The second-order valence-electron chi connectivity index (χ2n) is 3.68. The predicted molar refractivity (Wildman–Crippen MR) is 46.8 cm³/mol. The van der Waals surface area contributed by atoms with Crippen molar-refractivity contribution in [2.24, 2.45) is 11.8 Å². The Kier molecular flexibility index (Phi) is 4.59. The molecular weight excluding hydrogens is 176 g/mol. The average molecular weight is 193 g/mol. The van der Waals surface area contributed by atoms with Crippen molar-refractivity contribution in [2.75, 3.05) is 19.7 Å². The summed E-state index contributed by atoms with van der Waals surface area (Å²) in [6, 6.07) is 0. The molecule has 1 fully saturated rings. The molecule has 2 N–H and O–H groups in total. The predicted octanol–water partition coefficient (Wildman–Crippen LogP) is 1.25. The van der Waals surface area contributed by atoms with Crippen molar-refractivity contribution in [3.8, 4) is 0 Å². The standard InChI is InChI=1S/C9H17F2NO/c10-9(11)5-12-4-7-2-1-3-8(7)6-13/h7-9,12-13H,1-6H2. The first kappa shape index (κ1) is 10.9. The van der Waals surface area contributed by atoms with Crippen LogP contribution in [0.15, 0.2) is 0 Å². The fourth-order valence-corrected chi connectivity index (χ4v) is 2.00. The maximum absolute atomic E-state index is 11.8. The molecule has 0 aliphatic heterocycles. The summed E-state index contributed by atoms with van der Waals surface area (Å²) in [6.45, 7) is 0.589.